The van der Waals surface area contributed by atoms with Crippen LogP contribution < -0.4 is 10.6 Å². The van der Waals surface area contributed by atoms with Gasteiger partial charge >= 0.3 is 6.18 Å². The summed E-state index contributed by atoms with van der Waals surface area (Å²) in [5.74, 6) is 0. The number of halogens is 3. The zero-order valence-corrected chi connectivity index (χ0v) is 10.3. The minimum Gasteiger partial charge on any atom is -0.315 e. The first kappa shape index (κ1) is 14.7. The van der Waals surface area contributed by atoms with Crippen molar-refractivity contribution in [2.75, 3.05) is 39.3 Å². The smallest absolute Gasteiger partial charge is 0.315 e. The van der Waals surface area contributed by atoms with Gasteiger partial charge in [-0.2, -0.15) is 13.2 Å². The molecule has 6 heteroatoms. The molecule has 2 N–H and O–H groups in total. The van der Waals surface area contributed by atoms with Crippen LogP contribution in [-0.2, 0) is 0 Å². The van der Waals surface area contributed by atoms with Crippen molar-refractivity contribution in [2.45, 2.75) is 32.0 Å². The summed E-state index contributed by atoms with van der Waals surface area (Å²) < 4.78 is 36.2. The summed E-state index contributed by atoms with van der Waals surface area (Å²) in [4.78, 5) is 2.29. The third-order valence-electron chi connectivity index (χ3n) is 2.89. The third-order valence-corrected chi connectivity index (χ3v) is 2.89. The summed E-state index contributed by atoms with van der Waals surface area (Å²) in [5, 5.41) is 6.22. The molecule has 0 aliphatic carbocycles. The number of nitrogens with one attached hydrogen (secondary N) is 2. The van der Waals surface area contributed by atoms with E-state index in [-0.39, 0.29) is 0 Å². The number of nitrogens with zero attached hydrogens (tertiary/aromatic N) is 1. The van der Waals surface area contributed by atoms with Crippen LogP contribution in [0.2, 0.25) is 0 Å². The van der Waals surface area contributed by atoms with Gasteiger partial charge in [0.15, 0.2) is 0 Å². The fourth-order valence-corrected chi connectivity index (χ4v) is 2.01. The van der Waals surface area contributed by atoms with E-state index in [0.717, 1.165) is 39.1 Å². The SMILES string of the molecule is CC(CC(F)(F)F)NCCN1CCCNCC1. The van der Waals surface area contributed by atoms with Crippen LogP contribution in [-0.4, -0.2) is 56.4 Å². The van der Waals surface area contributed by atoms with Crippen LogP contribution in [0.5, 0.6) is 0 Å². The van der Waals surface area contributed by atoms with E-state index >= 15 is 0 Å². The van der Waals surface area contributed by atoms with Gasteiger partial charge in [0.05, 0.1) is 6.42 Å². The topological polar surface area (TPSA) is 27.3 Å². The van der Waals surface area contributed by atoms with Gasteiger partial charge in [-0.05, 0) is 26.4 Å². The van der Waals surface area contributed by atoms with E-state index in [1.54, 1.807) is 6.92 Å². The second-order valence-electron chi connectivity index (χ2n) is 4.62. The Labute approximate surface area is 101 Å². The zero-order valence-electron chi connectivity index (χ0n) is 10.3. The first-order chi connectivity index (χ1) is 7.97. The average molecular weight is 253 g/mol. The molecule has 1 unspecified atom stereocenters. The maximum absolute atomic E-state index is 12.1. The number of hydrogen-bond donors (Lipinski definition) is 2. The van der Waals surface area contributed by atoms with E-state index in [2.05, 4.69) is 15.5 Å². The van der Waals surface area contributed by atoms with E-state index in [0.29, 0.717) is 6.54 Å². The van der Waals surface area contributed by atoms with E-state index in [1.807, 2.05) is 0 Å². The van der Waals surface area contributed by atoms with Gasteiger partial charge in [-0.3, -0.25) is 0 Å². The third kappa shape index (κ3) is 7.57. The highest BCUT2D eigenvalue weighted by molar-refractivity contribution is 4.70. The molecular weight excluding hydrogens is 231 g/mol. The molecule has 0 aromatic heterocycles. The van der Waals surface area contributed by atoms with Crippen molar-refractivity contribution in [2.24, 2.45) is 0 Å². The Morgan fingerprint density at radius 3 is 2.76 bits per heavy atom. The molecule has 1 aliphatic heterocycles. The fourth-order valence-electron chi connectivity index (χ4n) is 2.01. The Hall–Kier alpha value is -0.330. The molecule has 3 nitrogen and oxygen atoms in total. The lowest BCUT2D eigenvalue weighted by Crippen LogP contribution is -2.39. The standard InChI is InChI=1S/C11H22F3N3/c1-10(9-11(12,13)14)16-5-8-17-6-2-3-15-4-7-17/h10,15-16H,2-9H2,1H3. The molecular formula is C11H22F3N3. The summed E-state index contributed by atoms with van der Waals surface area (Å²) in [6, 6.07) is -0.500. The highest BCUT2D eigenvalue weighted by Crippen LogP contribution is 2.21. The minimum absolute atomic E-state index is 0.500. The van der Waals surface area contributed by atoms with Crippen molar-refractivity contribution in [3.63, 3.8) is 0 Å². The van der Waals surface area contributed by atoms with Crippen LogP contribution in [0.4, 0.5) is 13.2 Å². The molecule has 1 fully saturated rings. The first-order valence-electron chi connectivity index (χ1n) is 6.20. The Morgan fingerprint density at radius 2 is 2.06 bits per heavy atom. The maximum Gasteiger partial charge on any atom is 0.390 e. The molecule has 0 radical (unpaired) electrons. The molecule has 0 amide bonds. The second kappa shape index (κ2) is 7.18. The van der Waals surface area contributed by atoms with Gasteiger partial charge in [0.1, 0.15) is 0 Å². The second-order valence-corrected chi connectivity index (χ2v) is 4.62. The summed E-state index contributed by atoms with van der Waals surface area (Å²) in [6.45, 7) is 7.04. The van der Waals surface area contributed by atoms with Crippen molar-refractivity contribution < 1.29 is 13.2 Å². The van der Waals surface area contributed by atoms with Crippen molar-refractivity contribution in [3.8, 4) is 0 Å². The lowest BCUT2D eigenvalue weighted by molar-refractivity contribution is -0.139. The minimum atomic E-state index is -4.07. The van der Waals surface area contributed by atoms with Crippen molar-refractivity contribution >= 4 is 0 Å². The predicted molar refractivity (Wildman–Crippen MR) is 62.1 cm³/mol. The van der Waals surface area contributed by atoms with Crippen LogP contribution >= 0.6 is 0 Å². The van der Waals surface area contributed by atoms with E-state index < -0.39 is 18.6 Å². The zero-order chi connectivity index (χ0) is 12.7. The summed E-state index contributed by atoms with van der Waals surface area (Å²) in [6.07, 6.45) is -3.72. The van der Waals surface area contributed by atoms with Gasteiger partial charge < -0.3 is 15.5 Å². The summed E-state index contributed by atoms with van der Waals surface area (Å²) in [7, 11) is 0. The Bertz CT molecular complexity index is 201. The summed E-state index contributed by atoms with van der Waals surface area (Å²) in [5.41, 5.74) is 0. The number of hydrogen-bond acceptors (Lipinski definition) is 3. The predicted octanol–water partition coefficient (Wildman–Crippen LogP) is 1.21. The molecule has 0 aromatic carbocycles. The average Bonchev–Trinajstić information content (AvgIpc) is 2.43. The van der Waals surface area contributed by atoms with Gasteiger partial charge in [0.2, 0.25) is 0 Å². The fraction of sp³-hybridized carbons (Fsp3) is 1.00. The van der Waals surface area contributed by atoms with Crippen LogP contribution in [0, 0.1) is 0 Å². The molecule has 1 heterocycles. The van der Waals surface area contributed by atoms with Gasteiger partial charge in [-0.1, -0.05) is 0 Å². The van der Waals surface area contributed by atoms with Gasteiger partial charge in [-0.25, -0.2) is 0 Å². The highest BCUT2D eigenvalue weighted by Gasteiger charge is 2.29. The molecule has 0 aromatic rings. The number of alkyl halides is 3. The monoisotopic (exact) mass is 253 g/mol. The van der Waals surface area contributed by atoms with Crippen molar-refractivity contribution in [3.05, 3.63) is 0 Å². The Morgan fingerprint density at radius 1 is 1.29 bits per heavy atom. The lowest BCUT2D eigenvalue weighted by Gasteiger charge is -2.21. The van der Waals surface area contributed by atoms with E-state index in [1.165, 1.54) is 0 Å². The normalized spacial score (nSPS) is 21.2. The Kier molecular flexibility index (Phi) is 6.22. The highest BCUT2D eigenvalue weighted by atomic mass is 19.4. The molecule has 17 heavy (non-hydrogen) atoms. The molecule has 0 saturated carbocycles. The molecule has 1 atom stereocenters. The van der Waals surface area contributed by atoms with Gasteiger partial charge in [0, 0.05) is 32.2 Å². The van der Waals surface area contributed by atoms with Crippen LogP contribution in [0.3, 0.4) is 0 Å². The molecule has 102 valence electrons. The summed E-state index contributed by atoms with van der Waals surface area (Å²) >= 11 is 0. The van der Waals surface area contributed by atoms with Crippen molar-refractivity contribution in [1.82, 2.24) is 15.5 Å². The molecule has 0 spiro atoms. The molecule has 0 bridgehead atoms. The van der Waals surface area contributed by atoms with Crippen LogP contribution in [0.1, 0.15) is 19.8 Å². The van der Waals surface area contributed by atoms with E-state index in [4.69, 9.17) is 0 Å². The molecule has 1 aliphatic rings. The molecule has 1 rings (SSSR count). The van der Waals surface area contributed by atoms with Crippen LogP contribution in [0.25, 0.3) is 0 Å². The van der Waals surface area contributed by atoms with Gasteiger partial charge in [-0.15, -0.1) is 0 Å². The Balaban J connectivity index is 2.09. The lowest BCUT2D eigenvalue weighted by atomic mass is 10.2. The van der Waals surface area contributed by atoms with Crippen LogP contribution in [0.15, 0.2) is 0 Å². The van der Waals surface area contributed by atoms with E-state index in [9.17, 15) is 13.2 Å². The van der Waals surface area contributed by atoms with Gasteiger partial charge in [0.25, 0.3) is 0 Å². The first-order valence-corrected chi connectivity index (χ1v) is 6.20. The quantitative estimate of drug-likeness (QED) is 0.771. The van der Waals surface area contributed by atoms with Crippen molar-refractivity contribution in [1.29, 1.82) is 0 Å². The number of rotatable bonds is 5. The molecule has 1 saturated heterocycles. The maximum atomic E-state index is 12.1. The largest absolute Gasteiger partial charge is 0.390 e.